The molecule has 1 saturated heterocycles. The highest BCUT2D eigenvalue weighted by molar-refractivity contribution is 6.77. The van der Waals surface area contributed by atoms with Gasteiger partial charge in [0.25, 0.3) is 0 Å². The summed E-state index contributed by atoms with van der Waals surface area (Å²) in [5.41, 5.74) is 2.47. The van der Waals surface area contributed by atoms with Crippen LogP contribution in [0.5, 0.6) is 0 Å². The second-order valence-electron chi connectivity index (χ2n) is 11.5. The van der Waals surface area contributed by atoms with Crippen LogP contribution in [-0.2, 0) is 34.7 Å². The first-order valence-electron chi connectivity index (χ1n) is 14.6. The molecular formula is C33H48O7Si. The number of benzene rings is 2. The van der Waals surface area contributed by atoms with Gasteiger partial charge in [-0.25, -0.2) is 4.79 Å². The van der Waals surface area contributed by atoms with Gasteiger partial charge in [0, 0.05) is 7.11 Å². The third-order valence-electron chi connectivity index (χ3n) is 7.94. The van der Waals surface area contributed by atoms with E-state index in [1.54, 1.807) is 37.5 Å². The molecule has 0 amide bonds. The molecule has 0 radical (unpaired) electrons. The lowest BCUT2D eigenvalue weighted by molar-refractivity contribution is -0.300. The molecule has 0 aromatic heterocycles. The minimum absolute atomic E-state index is 0.215. The quantitative estimate of drug-likeness (QED) is 0.128. The Hall–Kier alpha value is -2.33. The van der Waals surface area contributed by atoms with E-state index >= 15 is 0 Å². The van der Waals surface area contributed by atoms with Crippen molar-refractivity contribution >= 4 is 14.3 Å². The fourth-order valence-corrected chi connectivity index (χ4v) is 11.7. The lowest BCUT2D eigenvalue weighted by Gasteiger charge is -2.51. The SMILES string of the molecule is C=CCO[C@H]1O[C@H](COCc2ccccc2)[C@@H](O[Si](C(C)C)(C(C)C)C(C)C)[C@H](OC)[C@@H]1OC(=O)c1ccccc1. The summed E-state index contributed by atoms with van der Waals surface area (Å²) in [6.45, 7) is 18.1. The summed E-state index contributed by atoms with van der Waals surface area (Å²) in [5.74, 6) is -0.480. The van der Waals surface area contributed by atoms with Gasteiger partial charge in [0.05, 0.1) is 25.4 Å². The van der Waals surface area contributed by atoms with Crippen molar-refractivity contribution in [2.45, 2.75) is 95.5 Å². The average molecular weight is 585 g/mol. The number of carbonyl (C=O) groups is 1. The van der Waals surface area contributed by atoms with Gasteiger partial charge in [0.2, 0.25) is 8.32 Å². The molecule has 2 aromatic rings. The highest BCUT2D eigenvalue weighted by Gasteiger charge is 2.55. The first kappa shape index (κ1) is 33.2. The zero-order chi connectivity index (χ0) is 30.0. The molecule has 41 heavy (non-hydrogen) atoms. The third-order valence-corrected chi connectivity index (χ3v) is 14.0. The molecule has 0 N–H and O–H groups in total. The van der Waals surface area contributed by atoms with E-state index in [0.29, 0.717) is 28.8 Å². The van der Waals surface area contributed by atoms with Crippen LogP contribution < -0.4 is 0 Å². The largest absolute Gasteiger partial charge is 0.450 e. The van der Waals surface area contributed by atoms with E-state index in [1.807, 2.05) is 36.4 Å². The zero-order valence-electron chi connectivity index (χ0n) is 25.7. The molecule has 1 heterocycles. The van der Waals surface area contributed by atoms with Crippen LogP contribution in [0.25, 0.3) is 0 Å². The van der Waals surface area contributed by atoms with Gasteiger partial charge in [-0.15, -0.1) is 6.58 Å². The first-order chi connectivity index (χ1) is 19.6. The second kappa shape index (κ2) is 15.8. The summed E-state index contributed by atoms with van der Waals surface area (Å²) < 4.78 is 38.3. The number of methoxy groups -OCH3 is 1. The van der Waals surface area contributed by atoms with Crippen molar-refractivity contribution in [3.8, 4) is 0 Å². The maximum Gasteiger partial charge on any atom is 0.338 e. The highest BCUT2D eigenvalue weighted by Crippen LogP contribution is 2.45. The lowest BCUT2D eigenvalue weighted by Crippen LogP contribution is -2.65. The van der Waals surface area contributed by atoms with Crippen molar-refractivity contribution < 1.29 is 32.9 Å². The van der Waals surface area contributed by atoms with E-state index in [9.17, 15) is 4.79 Å². The fourth-order valence-electron chi connectivity index (χ4n) is 6.12. The van der Waals surface area contributed by atoms with Gasteiger partial charge >= 0.3 is 5.97 Å². The first-order valence-corrected chi connectivity index (χ1v) is 16.8. The number of rotatable bonds is 15. The molecule has 5 atom stereocenters. The molecule has 0 unspecified atom stereocenters. The number of ether oxygens (including phenoxy) is 5. The van der Waals surface area contributed by atoms with Gasteiger partial charge in [-0.2, -0.15) is 0 Å². The highest BCUT2D eigenvalue weighted by atomic mass is 28.4. The van der Waals surface area contributed by atoms with E-state index in [4.69, 9.17) is 28.1 Å². The molecule has 1 aliphatic rings. The minimum Gasteiger partial charge on any atom is -0.450 e. The van der Waals surface area contributed by atoms with Gasteiger partial charge in [0.15, 0.2) is 12.4 Å². The topological polar surface area (TPSA) is 72.5 Å². The molecule has 0 saturated carbocycles. The summed E-state index contributed by atoms with van der Waals surface area (Å²) in [4.78, 5) is 13.3. The summed E-state index contributed by atoms with van der Waals surface area (Å²) in [6.07, 6.45) is -1.86. The van der Waals surface area contributed by atoms with Crippen LogP contribution in [0.3, 0.4) is 0 Å². The van der Waals surface area contributed by atoms with Crippen molar-refractivity contribution in [1.29, 1.82) is 0 Å². The Kier molecular flexibility index (Phi) is 12.8. The number of esters is 1. The van der Waals surface area contributed by atoms with E-state index in [-0.39, 0.29) is 13.2 Å². The molecule has 0 aliphatic carbocycles. The maximum absolute atomic E-state index is 13.3. The van der Waals surface area contributed by atoms with Crippen LogP contribution in [0.4, 0.5) is 0 Å². The molecule has 7 nitrogen and oxygen atoms in total. The number of carbonyl (C=O) groups excluding carboxylic acids is 1. The van der Waals surface area contributed by atoms with Gasteiger partial charge < -0.3 is 28.1 Å². The third kappa shape index (κ3) is 8.15. The summed E-state index contributed by atoms with van der Waals surface area (Å²) in [7, 11) is -0.795. The Balaban J connectivity index is 1.99. The van der Waals surface area contributed by atoms with Crippen LogP contribution in [0.1, 0.15) is 57.5 Å². The second-order valence-corrected chi connectivity index (χ2v) is 16.9. The monoisotopic (exact) mass is 584 g/mol. The minimum atomic E-state index is -2.41. The van der Waals surface area contributed by atoms with Gasteiger partial charge in [0.1, 0.15) is 18.3 Å². The molecule has 0 spiro atoms. The van der Waals surface area contributed by atoms with Crippen LogP contribution in [-0.4, -0.2) is 65.3 Å². The van der Waals surface area contributed by atoms with Crippen molar-refractivity contribution in [3.05, 3.63) is 84.4 Å². The molecular weight excluding hydrogens is 536 g/mol. The average Bonchev–Trinajstić information content (AvgIpc) is 2.96. The molecule has 8 heteroatoms. The predicted octanol–water partition coefficient (Wildman–Crippen LogP) is 6.93. The van der Waals surface area contributed by atoms with Gasteiger partial charge in [-0.3, -0.25) is 0 Å². The van der Waals surface area contributed by atoms with E-state index in [2.05, 4.69) is 48.1 Å². The van der Waals surface area contributed by atoms with Crippen LogP contribution in [0.15, 0.2) is 73.3 Å². The molecule has 3 rings (SSSR count). The lowest BCUT2D eigenvalue weighted by atomic mass is 9.98. The fraction of sp³-hybridized carbons (Fsp3) is 0.545. The van der Waals surface area contributed by atoms with Crippen molar-refractivity contribution in [2.75, 3.05) is 20.3 Å². The number of hydrogen-bond acceptors (Lipinski definition) is 7. The Bertz CT molecular complexity index is 1040. The van der Waals surface area contributed by atoms with Crippen molar-refractivity contribution in [1.82, 2.24) is 0 Å². The van der Waals surface area contributed by atoms with Crippen LogP contribution in [0.2, 0.25) is 16.6 Å². The van der Waals surface area contributed by atoms with Gasteiger partial charge in [-0.05, 0) is 34.3 Å². The summed E-state index contributed by atoms with van der Waals surface area (Å²) >= 11 is 0. The normalized spacial score (nSPS) is 23.2. The Morgan fingerprint density at radius 3 is 2.02 bits per heavy atom. The van der Waals surface area contributed by atoms with E-state index in [0.717, 1.165) is 5.56 Å². The smallest absolute Gasteiger partial charge is 0.338 e. The summed E-state index contributed by atoms with van der Waals surface area (Å²) in [5, 5.41) is 0. The number of hydrogen-bond donors (Lipinski definition) is 0. The molecule has 226 valence electrons. The summed E-state index contributed by atoms with van der Waals surface area (Å²) in [6, 6.07) is 18.9. The Labute approximate surface area is 247 Å². The van der Waals surface area contributed by atoms with E-state index < -0.39 is 45.0 Å². The maximum atomic E-state index is 13.3. The predicted molar refractivity (Wildman–Crippen MR) is 163 cm³/mol. The van der Waals surface area contributed by atoms with Crippen LogP contribution >= 0.6 is 0 Å². The molecule has 1 aliphatic heterocycles. The van der Waals surface area contributed by atoms with Crippen LogP contribution in [0, 0.1) is 0 Å². The Morgan fingerprint density at radius 1 is 0.902 bits per heavy atom. The molecule has 2 aromatic carbocycles. The standard InChI is InChI=1S/C33H48O7Si/c1-9-20-37-33-31(39-32(34)27-18-14-11-15-19-27)30(35-8)29(40-41(23(2)3,24(4)5)25(6)7)28(38-33)22-36-21-26-16-12-10-13-17-26/h9-19,23-25,28-31,33H,1,20-22H2,2-8H3/t28-,29-,30+,31+,33+/m1/s1. The van der Waals surface area contributed by atoms with Gasteiger partial charge in [-0.1, -0.05) is 96.1 Å². The van der Waals surface area contributed by atoms with Crippen molar-refractivity contribution in [3.63, 3.8) is 0 Å². The Morgan fingerprint density at radius 2 is 1.49 bits per heavy atom. The molecule has 1 fully saturated rings. The van der Waals surface area contributed by atoms with E-state index in [1.165, 1.54) is 0 Å². The molecule has 0 bridgehead atoms. The van der Waals surface area contributed by atoms with Crippen molar-refractivity contribution in [2.24, 2.45) is 0 Å². The zero-order valence-corrected chi connectivity index (χ0v) is 26.7.